The lowest BCUT2D eigenvalue weighted by molar-refractivity contribution is 1.43. The lowest BCUT2D eigenvalue weighted by Gasteiger charge is -2.12. The second-order valence-electron chi connectivity index (χ2n) is 3.82. The zero-order chi connectivity index (χ0) is 12.4. The van der Waals surface area contributed by atoms with Crippen LogP contribution in [0.3, 0.4) is 0 Å². The van der Waals surface area contributed by atoms with Gasteiger partial charge in [0.2, 0.25) is 0 Å². The Morgan fingerprint density at radius 1 is 1.12 bits per heavy atom. The number of rotatable bonds is 2. The average molecular weight is 312 g/mol. The van der Waals surface area contributed by atoms with Crippen LogP contribution in [0.4, 0.5) is 17.1 Å². The highest BCUT2D eigenvalue weighted by Crippen LogP contribution is 2.30. The summed E-state index contributed by atoms with van der Waals surface area (Å²) in [5.41, 5.74) is 9.42. The highest BCUT2D eigenvalue weighted by atomic mass is 79.9. The molecule has 4 heteroatoms. The molecule has 2 aromatic rings. The van der Waals surface area contributed by atoms with E-state index in [0.717, 1.165) is 27.1 Å². The molecule has 0 bridgehead atoms. The summed E-state index contributed by atoms with van der Waals surface area (Å²) in [7, 11) is 0. The molecular formula is C13H12BrClN2. The maximum atomic E-state index is 6.12. The first-order valence-electron chi connectivity index (χ1n) is 5.14. The minimum Gasteiger partial charge on any atom is -0.399 e. The van der Waals surface area contributed by atoms with E-state index in [9.17, 15) is 0 Å². The Morgan fingerprint density at radius 3 is 2.59 bits per heavy atom. The number of nitrogens with two attached hydrogens (primary N) is 1. The van der Waals surface area contributed by atoms with Crippen LogP contribution in [0.25, 0.3) is 0 Å². The molecule has 0 saturated heterocycles. The highest BCUT2D eigenvalue weighted by molar-refractivity contribution is 9.10. The summed E-state index contributed by atoms with van der Waals surface area (Å²) in [5, 5.41) is 3.98. The van der Waals surface area contributed by atoms with E-state index in [1.807, 2.05) is 43.3 Å². The Morgan fingerprint density at radius 2 is 1.88 bits per heavy atom. The van der Waals surface area contributed by atoms with Crippen molar-refractivity contribution in [1.82, 2.24) is 0 Å². The Hall–Kier alpha value is -1.19. The lowest BCUT2D eigenvalue weighted by Crippen LogP contribution is -1.95. The Balaban J connectivity index is 2.34. The van der Waals surface area contributed by atoms with Crippen molar-refractivity contribution in [2.24, 2.45) is 0 Å². The number of nitrogen functional groups attached to an aromatic ring is 1. The topological polar surface area (TPSA) is 38.0 Å². The molecule has 0 unspecified atom stereocenters. The molecule has 0 aromatic heterocycles. The largest absolute Gasteiger partial charge is 0.399 e. The third-order valence-corrected chi connectivity index (χ3v) is 3.27. The van der Waals surface area contributed by atoms with Gasteiger partial charge in [-0.2, -0.15) is 0 Å². The van der Waals surface area contributed by atoms with Crippen LogP contribution in [-0.2, 0) is 0 Å². The zero-order valence-corrected chi connectivity index (χ0v) is 11.6. The molecule has 0 saturated carbocycles. The molecule has 2 nitrogen and oxygen atoms in total. The number of nitrogens with one attached hydrogen (secondary N) is 1. The number of anilines is 3. The number of hydrogen-bond acceptors (Lipinski definition) is 2. The van der Waals surface area contributed by atoms with E-state index in [4.69, 9.17) is 17.3 Å². The molecular weight excluding hydrogens is 300 g/mol. The maximum absolute atomic E-state index is 6.12. The van der Waals surface area contributed by atoms with Gasteiger partial charge in [0.1, 0.15) is 0 Å². The van der Waals surface area contributed by atoms with E-state index in [2.05, 4.69) is 21.2 Å². The summed E-state index contributed by atoms with van der Waals surface area (Å²) in [6, 6.07) is 11.4. The summed E-state index contributed by atoms with van der Waals surface area (Å²) in [6.45, 7) is 2.00. The van der Waals surface area contributed by atoms with Crippen molar-refractivity contribution in [3.05, 3.63) is 51.5 Å². The van der Waals surface area contributed by atoms with Gasteiger partial charge >= 0.3 is 0 Å². The van der Waals surface area contributed by atoms with Crippen LogP contribution in [0.2, 0.25) is 5.02 Å². The first-order valence-corrected chi connectivity index (χ1v) is 6.31. The maximum Gasteiger partial charge on any atom is 0.0641 e. The van der Waals surface area contributed by atoms with Crippen molar-refractivity contribution < 1.29 is 0 Å². The first kappa shape index (κ1) is 12.3. The monoisotopic (exact) mass is 310 g/mol. The molecule has 0 radical (unpaired) electrons. The van der Waals surface area contributed by atoms with Crippen molar-refractivity contribution in [3.63, 3.8) is 0 Å². The number of halogens is 2. The molecule has 0 aliphatic rings. The average Bonchev–Trinajstić information content (AvgIpc) is 2.27. The van der Waals surface area contributed by atoms with Gasteiger partial charge in [0.05, 0.1) is 10.7 Å². The van der Waals surface area contributed by atoms with E-state index in [1.165, 1.54) is 0 Å². The number of aryl methyl sites for hydroxylation is 1. The second kappa shape index (κ2) is 4.98. The van der Waals surface area contributed by atoms with Gasteiger partial charge in [0.15, 0.2) is 0 Å². The first-order chi connectivity index (χ1) is 8.06. The van der Waals surface area contributed by atoms with Gasteiger partial charge in [-0.1, -0.05) is 27.5 Å². The fourth-order valence-corrected chi connectivity index (χ4v) is 2.09. The van der Waals surface area contributed by atoms with Crippen LogP contribution in [0.5, 0.6) is 0 Å². The zero-order valence-electron chi connectivity index (χ0n) is 9.30. The minimum absolute atomic E-state index is 0.685. The van der Waals surface area contributed by atoms with Crippen molar-refractivity contribution in [2.75, 3.05) is 11.1 Å². The fraction of sp³-hybridized carbons (Fsp3) is 0.0769. The second-order valence-corrected chi connectivity index (χ2v) is 5.15. The van der Waals surface area contributed by atoms with Crippen molar-refractivity contribution >= 4 is 44.6 Å². The third-order valence-electron chi connectivity index (χ3n) is 2.45. The van der Waals surface area contributed by atoms with Crippen molar-refractivity contribution in [2.45, 2.75) is 6.92 Å². The van der Waals surface area contributed by atoms with Crippen molar-refractivity contribution in [3.8, 4) is 0 Å². The predicted molar refractivity (Wildman–Crippen MR) is 78.0 cm³/mol. The molecule has 0 aliphatic heterocycles. The molecule has 0 aliphatic carbocycles. The van der Waals surface area contributed by atoms with Crippen LogP contribution in [0, 0.1) is 6.92 Å². The summed E-state index contributed by atoms with van der Waals surface area (Å²) in [6.07, 6.45) is 0. The van der Waals surface area contributed by atoms with Crippen LogP contribution in [0.15, 0.2) is 40.9 Å². The van der Waals surface area contributed by atoms with E-state index in [0.29, 0.717) is 5.02 Å². The third kappa shape index (κ3) is 2.93. The summed E-state index contributed by atoms with van der Waals surface area (Å²) < 4.78 is 0.984. The number of benzene rings is 2. The summed E-state index contributed by atoms with van der Waals surface area (Å²) in [4.78, 5) is 0. The van der Waals surface area contributed by atoms with Crippen LogP contribution in [0.1, 0.15) is 5.56 Å². The minimum atomic E-state index is 0.685. The molecule has 3 N–H and O–H groups in total. The Labute approximate surface area is 114 Å². The van der Waals surface area contributed by atoms with Crippen LogP contribution < -0.4 is 11.1 Å². The van der Waals surface area contributed by atoms with E-state index in [1.54, 1.807) is 0 Å². The van der Waals surface area contributed by atoms with Gasteiger partial charge in [0.25, 0.3) is 0 Å². The molecule has 88 valence electrons. The molecule has 0 spiro atoms. The van der Waals surface area contributed by atoms with E-state index < -0.39 is 0 Å². The van der Waals surface area contributed by atoms with Gasteiger partial charge in [-0.15, -0.1) is 0 Å². The van der Waals surface area contributed by atoms with Gasteiger partial charge in [-0.25, -0.2) is 0 Å². The SMILES string of the molecule is Cc1cc(N)ccc1Nc1cc(Br)ccc1Cl. The quantitative estimate of drug-likeness (QED) is 0.786. The van der Waals surface area contributed by atoms with Gasteiger partial charge < -0.3 is 11.1 Å². The Bertz CT molecular complexity index is 555. The molecule has 17 heavy (non-hydrogen) atoms. The highest BCUT2D eigenvalue weighted by Gasteiger charge is 2.04. The standard InChI is InChI=1S/C13H12BrClN2/c1-8-6-10(16)3-5-12(8)17-13-7-9(14)2-4-11(13)15/h2-7,17H,16H2,1H3. The molecule has 0 atom stereocenters. The molecule has 2 aromatic carbocycles. The van der Waals surface area contributed by atoms with Crippen LogP contribution in [-0.4, -0.2) is 0 Å². The number of hydrogen-bond donors (Lipinski definition) is 2. The van der Waals surface area contributed by atoms with Crippen molar-refractivity contribution in [1.29, 1.82) is 0 Å². The summed E-state index contributed by atoms with van der Waals surface area (Å²) >= 11 is 9.54. The lowest BCUT2D eigenvalue weighted by atomic mass is 10.1. The molecule has 0 fully saturated rings. The fourth-order valence-electron chi connectivity index (χ4n) is 1.57. The molecule has 2 rings (SSSR count). The van der Waals surface area contributed by atoms with Gasteiger partial charge in [-0.05, 0) is 48.9 Å². The predicted octanol–water partition coefficient (Wildman–Crippen LogP) is 4.74. The smallest absolute Gasteiger partial charge is 0.0641 e. The Kier molecular flexibility index (Phi) is 3.60. The van der Waals surface area contributed by atoms with Crippen LogP contribution >= 0.6 is 27.5 Å². The molecule has 0 amide bonds. The molecule has 0 heterocycles. The van der Waals surface area contributed by atoms with Gasteiger partial charge in [-0.3, -0.25) is 0 Å². The van der Waals surface area contributed by atoms with E-state index in [-0.39, 0.29) is 0 Å². The van der Waals surface area contributed by atoms with E-state index >= 15 is 0 Å². The normalized spacial score (nSPS) is 10.3. The summed E-state index contributed by atoms with van der Waals surface area (Å²) in [5.74, 6) is 0. The van der Waals surface area contributed by atoms with Gasteiger partial charge in [0, 0.05) is 15.8 Å².